The molecule has 1 aliphatic carbocycles. The number of nitrogens with zero attached hydrogens (tertiary/aromatic N) is 4. The number of para-hydroxylation sites is 4. The molecule has 9 aromatic carbocycles. The Morgan fingerprint density at radius 1 is 0.460 bits per heavy atom. The first kappa shape index (κ1) is 36.7. The van der Waals surface area contributed by atoms with Crippen LogP contribution in [0.25, 0.3) is 61.2 Å². The fourth-order valence-corrected chi connectivity index (χ4v) is 9.84. The van der Waals surface area contributed by atoms with Gasteiger partial charge in [-0.25, -0.2) is 4.98 Å². The van der Waals surface area contributed by atoms with E-state index in [0.717, 1.165) is 84.2 Å². The lowest BCUT2D eigenvalue weighted by Crippen LogP contribution is -2.17. The standard InChI is InChI=1S/C58H42N4O/c1-58(2)49-32-17-15-31-47(49)54-50(58)38-51-55(62(42-26-13-6-14-27-42)57(59-51)39-20-7-3-8-21-39)56(54)61(45-34-35-53-48(37-45)46-30-16-18-33-52(46)63-53)44-29-19-28-43(36-44)60(40-22-9-4-10-23-40)41-24-11-5-12-25-41/h3-38H,1-2H3. The normalized spacial score (nSPS) is 12.7. The van der Waals surface area contributed by atoms with Crippen molar-refractivity contribution >= 4 is 67.1 Å². The molecule has 0 N–H and O–H groups in total. The topological polar surface area (TPSA) is 37.4 Å². The molecule has 0 saturated heterocycles. The minimum atomic E-state index is -0.298. The summed E-state index contributed by atoms with van der Waals surface area (Å²) in [6.45, 7) is 4.71. The van der Waals surface area contributed by atoms with E-state index in [1.165, 1.54) is 22.3 Å². The Hall–Kier alpha value is -8.15. The van der Waals surface area contributed by atoms with Gasteiger partial charge in [0.2, 0.25) is 0 Å². The fraction of sp³-hybridized carbons (Fsp3) is 0.0517. The van der Waals surface area contributed by atoms with Gasteiger partial charge in [-0.3, -0.25) is 4.57 Å². The van der Waals surface area contributed by atoms with Gasteiger partial charge in [-0.1, -0.05) is 147 Å². The van der Waals surface area contributed by atoms with Gasteiger partial charge in [0.15, 0.2) is 0 Å². The number of aromatic nitrogens is 2. The zero-order chi connectivity index (χ0) is 42.1. The highest BCUT2D eigenvalue weighted by atomic mass is 16.3. The number of fused-ring (bicyclic) bond motifs is 7. The maximum Gasteiger partial charge on any atom is 0.145 e. The number of anilines is 6. The summed E-state index contributed by atoms with van der Waals surface area (Å²) in [6.07, 6.45) is 0. The average Bonchev–Trinajstić information content (AvgIpc) is 3.98. The van der Waals surface area contributed by atoms with E-state index >= 15 is 0 Å². The van der Waals surface area contributed by atoms with Crippen LogP contribution in [-0.2, 0) is 5.41 Å². The number of benzene rings is 9. The Bertz CT molecular complexity index is 3440. The maximum atomic E-state index is 6.46. The van der Waals surface area contributed by atoms with E-state index in [4.69, 9.17) is 9.40 Å². The molecule has 12 rings (SSSR count). The van der Waals surface area contributed by atoms with Crippen molar-refractivity contribution in [3.63, 3.8) is 0 Å². The van der Waals surface area contributed by atoms with Crippen LogP contribution in [0, 0.1) is 0 Å². The highest BCUT2D eigenvalue weighted by molar-refractivity contribution is 6.11. The Kier molecular flexibility index (Phi) is 8.44. The van der Waals surface area contributed by atoms with E-state index in [-0.39, 0.29) is 5.41 Å². The lowest BCUT2D eigenvalue weighted by atomic mass is 9.82. The summed E-state index contributed by atoms with van der Waals surface area (Å²) in [6, 6.07) is 77.7. The van der Waals surface area contributed by atoms with E-state index in [1.807, 2.05) is 12.1 Å². The number of imidazole rings is 1. The summed E-state index contributed by atoms with van der Waals surface area (Å²) in [4.78, 5) is 10.4. The molecule has 63 heavy (non-hydrogen) atoms. The largest absolute Gasteiger partial charge is 0.456 e. The number of furan rings is 1. The Labute approximate surface area is 366 Å². The first-order chi connectivity index (χ1) is 31.0. The van der Waals surface area contributed by atoms with E-state index in [1.54, 1.807) is 0 Å². The molecule has 300 valence electrons. The van der Waals surface area contributed by atoms with E-state index < -0.39 is 0 Å². The summed E-state index contributed by atoms with van der Waals surface area (Å²) in [5.41, 5.74) is 16.7. The fourth-order valence-electron chi connectivity index (χ4n) is 9.84. The lowest BCUT2D eigenvalue weighted by molar-refractivity contribution is 0.661. The van der Waals surface area contributed by atoms with Crippen LogP contribution < -0.4 is 9.80 Å². The molecule has 5 heteroatoms. The van der Waals surface area contributed by atoms with Crippen molar-refractivity contribution in [1.29, 1.82) is 0 Å². The molecule has 0 fully saturated rings. The van der Waals surface area contributed by atoms with Crippen molar-refractivity contribution in [2.75, 3.05) is 9.80 Å². The molecule has 0 bridgehead atoms. The van der Waals surface area contributed by atoms with Crippen LogP contribution in [0.2, 0.25) is 0 Å². The minimum absolute atomic E-state index is 0.298. The summed E-state index contributed by atoms with van der Waals surface area (Å²) in [7, 11) is 0. The van der Waals surface area contributed by atoms with Crippen LogP contribution in [0.3, 0.4) is 0 Å². The predicted molar refractivity (Wildman–Crippen MR) is 261 cm³/mol. The molecule has 0 unspecified atom stereocenters. The molecule has 2 aromatic heterocycles. The van der Waals surface area contributed by atoms with Crippen molar-refractivity contribution < 1.29 is 4.42 Å². The first-order valence-corrected chi connectivity index (χ1v) is 21.6. The van der Waals surface area contributed by atoms with Crippen molar-refractivity contribution in [2.45, 2.75) is 19.3 Å². The second-order valence-corrected chi connectivity index (χ2v) is 16.8. The molecular formula is C58H42N4O. The SMILES string of the molecule is CC1(C)c2ccccc2-c2c1cc1nc(-c3ccccc3)n(-c3ccccc3)c1c2N(c1cccc(N(c2ccccc2)c2ccccc2)c1)c1ccc2oc3ccccc3c2c1. The summed E-state index contributed by atoms with van der Waals surface area (Å²) >= 11 is 0. The van der Waals surface area contributed by atoms with Crippen LogP contribution in [0.4, 0.5) is 34.1 Å². The number of hydrogen-bond donors (Lipinski definition) is 0. The Morgan fingerprint density at radius 2 is 1.03 bits per heavy atom. The highest BCUT2D eigenvalue weighted by Crippen LogP contribution is 2.58. The molecule has 0 spiro atoms. The van der Waals surface area contributed by atoms with Gasteiger partial charge in [0, 0.05) is 61.4 Å². The first-order valence-electron chi connectivity index (χ1n) is 21.6. The summed E-state index contributed by atoms with van der Waals surface area (Å²) < 4.78 is 8.83. The van der Waals surface area contributed by atoms with Crippen LogP contribution in [0.15, 0.2) is 223 Å². The van der Waals surface area contributed by atoms with E-state index in [9.17, 15) is 0 Å². The van der Waals surface area contributed by atoms with Gasteiger partial charge >= 0.3 is 0 Å². The third kappa shape index (κ3) is 5.88. The zero-order valence-electron chi connectivity index (χ0n) is 35.0. The number of hydrogen-bond acceptors (Lipinski definition) is 4. The molecule has 11 aromatic rings. The average molecular weight is 811 g/mol. The Balaban J connectivity index is 1.24. The van der Waals surface area contributed by atoms with Crippen molar-refractivity contribution in [3.8, 4) is 28.2 Å². The van der Waals surface area contributed by atoms with Gasteiger partial charge in [0.25, 0.3) is 0 Å². The monoisotopic (exact) mass is 810 g/mol. The molecule has 0 radical (unpaired) electrons. The number of rotatable bonds is 8. The van der Waals surface area contributed by atoms with E-state index in [0.29, 0.717) is 0 Å². The quantitative estimate of drug-likeness (QED) is 0.153. The van der Waals surface area contributed by atoms with Gasteiger partial charge in [-0.05, 0) is 102 Å². The summed E-state index contributed by atoms with van der Waals surface area (Å²) in [5, 5.41) is 2.14. The van der Waals surface area contributed by atoms with Crippen LogP contribution >= 0.6 is 0 Å². The van der Waals surface area contributed by atoms with Gasteiger partial charge in [-0.15, -0.1) is 0 Å². The highest BCUT2D eigenvalue weighted by Gasteiger charge is 2.40. The van der Waals surface area contributed by atoms with Crippen molar-refractivity contribution in [1.82, 2.24) is 9.55 Å². The van der Waals surface area contributed by atoms with Gasteiger partial charge in [0.05, 0.1) is 16.7 Å². The van der Waals surface area contributed by atoms with Crippen molar-refractivity contribution in [3.05, 3.63) is 230 Å². The van der Waals surface area contributed by atoms with E-state index in [2.05, 4.69) is 234 Å². The molecule has 0 amide bonds. The van der Waals surface area contributed by atoms with Gasteiger partial charge in [-0.2, -0.15) is 0 Å². The van der Waals surface area contributed by atoms with Crippen molar-refractivity contribution in [2.24, 2.45) is 0 Å². The van der Waals surface area contributed by atoms with Gasteiger partial charge < -0.3 is 14.2 Å². The molecule has 1 aliphatic rings. The molecular weight excluding hydrogens is 769 g/mol. The summed E-state index contributed by atoms with van der Waals surface area (Å²) in [5.74, 6) is 0.886. The molecule has 0 atom stereocenters. The molecule has 0 saturated carbocycles. The molecule has 5 nitrogen and oxygen atoms in total. The zero-order valence-corrected chi connectivity index (χ0v) is 35.0. The lowest BCUT2D eigenvalue weighted by Gasteiger charge is -2.32. The van der Waals surface area contributed by atoms with Crippen LogP contribution in [0.5, 0.6) is 0 Å². The van der Waals surface area contributed by atoms with Gasteiger partial charge in [0.1, 0.15) is 17.0 Å². The van der Waals surface area contributed by atoms with Crippen LogP contribution in [0.1, 0.15) is 25.0 Å². The Morgan fingerprint density at radius 3 is 1.76 bits per heavy atom. The van der Waals surface area contributed by atoms with Crippen LogP contribution in [-0.4, -0.2) is 9.55 Å². The smallest absolute Gasteiger partial charge is 0.145 e. The second kappa shape index (κ2) is 14.5. The third-order valence-electron chi connectivity index (χ3n) is 12.7. The molecule has 0 aliphatic heterocycles. The minimum Gasteiger partial charge on any atom is -0.456 e. The second-order valence-electron chi connectivity index (χ2n) is 16.8. The maximum absolute atomic E-state index is 6.46. The predicted octanol–water partition coefficient (Wildman–Crippen LogP) is 15.8. The molecule has 2 heterocycles. The third-order valence-corrected chi connectivity index (χ3v) is 12.7.